The van der Waals surface area contributed by atoms with Crippen molar-refractivity contribution in [3.8, 4) is 0 Å². The fraction of sp³-hybridized carbons (Fsp3) is 0. The van der Waals surface area contributed by atoms with Gasteiger partial charge in [0.2, 0.25) is 0 Å². The Kier molecular flexibility index (Phi) is 6.58. The van der Waals surface area contributed by atoms with Crippen LogP contribution in [0.5, 0.6) is 0 Å². The van der Waals surface area contributed by atoms with E-state index >= 15 is 0 Å². The van der Waals surface area contributed by atoms with Crippen LogP contribution in [0, 0.1) is 0 Å². The highest BCUT2D eigenvalue weighted by Gasteiger charge is 2.18. The maximum absolute atomic E-state index is 10.5. The number of carboxylic acid groups (broad SMARTS) is 1. The highest BCUT2D eigenvalue weighted by Crippen LogP contribution is 1.96. The molecule has 0 saturated heterocycles. The van der Waals surface area contributed by atoms with E-state index in [9.17, 15) is 4.79 Å². The van der Waals surface area contributed by atoms with Crippen LogP contribution < -0.4 is 5.46 Å². The Morgan fingerprint density at radius 3 is 2.00 bits per heavy atom. The van der Waals surface area contributed by atoms with Crippen LogP contribution in [0.2, 0.25) is 0 Å². The number of aromatic carboxylic acids is 1. The second-order valence-corrected chi connectivity index (χ2v) is 2.27. The third-order valence-electron chi connectivity index (χ3n) is 1.47. The van der Waals surface area contributed by atoms with Crippen molar-refractivity contribution in [3.05, 3.63) is 29.8 Å². The maximum atomic E-state index is 10.5. The van der Waals surface area contributed by atoms with Gasteiger partial charge in [-0.1, -0.05) is 18.2 Å². The fourth-order valence-electron chi connectivity index (χ4n) is 0.917. The molecule has 0 amide bonds. The summed E-state index contributed by atoms with van der Waals surface area (Å²) >= 11 is 0. The van der Waals surface area contributed by atoms with E-state index in [1.54, 1.807) is 6.07 Å². The quantitative estimate of drug-likeness (QED) is 0.452. The Bertz CT molecular complexity index is 300. The maximum Gasteiger partial charge on any atom is 0.489 e. The predicted molar refractivity (Wildman–Crippen MR) is 50.5 cm³/mol. The molecule has 14 heavy (non-hydrogen) atoms. The number of hydrogen-bond acceptors (Lipinski definition) is 3. The summed E-state index contributed by atoms with van der Waals surface area (Å²) in [5.74, 6) is -1.17. The van der Waals surface area contributed by atoms with Gasteiger partial charge in [0.15, 0.2) is 0 Å². The Labute approximate surface area is 80.2 Å². The van der Waals surface area contributed by atoms with Gasteiger partial charge < -0.3 is 26.1 Å². The molecular weight excluding hydrogens is 191 g/mol. The first-order valence-corrected chi connectivity index (χ1v) is 3.31. The summed E-state index contributed by atoms with van der Waals surface area (Å²) in [6.07, 6.45) is 0. The van der Waals surface area contributed by atoms with Gasteiger partial charge in [-0.15, -0.1) is 0 Å². The van der Waals surface area contributed by atoms with Crippen LogP contribution in [0.3, 0.4) is 0 Å². The lowest BCUT2D eigenvalue weighted by atomic mass is 9.77. The summed E-state index contributed by atoms with van der Waals surface area (Å²) in [5, 5.41) is 26.1. The molecule has 1 rings (SSSR count). The molecule has 0 atom stereocenters. The van der Waals surface area contributed by atoms with E-state index in [1.807, 2.05) is 0 Å². The first-order valence-electron chi connectivity index (χ1n) is 3.31. The summed E-state index contributed by atoms with van der Waals surface area (Å²) in [7, 11) is -1.74. The Morgan fingerprint density at radius 2 is 1.64 bits per heavy atom. The number of rotatable bonds is 2. The zero-order chi connectivity index (χ0) is 9.14. The number of carbonyl (C=O) groups is 1. The Morgan fingerprint density at radius 1 is 1.14 bits per heavy atom. The van der Waals surface area contributed by atoms with Crippen LogP contribution in [-0.2, 0) is 0 Å². The Hall–Kier alpha value is -1.41. The summed E-state index contributed by atoms with van der Waals surface area (Å²) in [4.78, 5) is 10.5. The van der Waals surface area contributed by atoms with Gasteiger partial charge >= 0.3 is 13.1 Å². The van der Waals surface area contributed by atoms with Crippen LogP contribution in [-0.4, -0.2) is 39.2 Å². The van der Waals surface area contributed by atoms with Crippen molar-refractivity contribution in [2.24, 2.45) is 0 Å². The standard InChI is InChI=1S/C7H7BO4.2H2O/c9-7(10)5-3-1-2-4-6(5)8(11)12;;/h1-4,11-12H,(H,9,10);2*1H2. The molecule has 78 valence electrons. The lowest BCUT2D eigenvalue weighted by Gasteiger charge is -2.02. The molecule has 0 heterocycles. The van der Waals surface area contributed by atoms with Crippen LogP contribution in [0.15, 0.2) is 24.3 Å². The van der Waals surface area contributed by atoms with E-state index in [0.29, 0.717) is 0 Å². The molecule has 0 radical (unpaired) electrons. The van der Waals surface area contributed by atoms with Gasteiger partial charge in [0.25, 0.3) is 0 Å². The van der Waals surface area contributed by atoms with Crippen LogP contribution in [0.4, 0.5) is 0 Å². The first kappa shape index (κ1) is 15.1. The van der Waals surface area contributed by atoms with Gasteiger partial charge in [-0.2, -0.15) is 0 Å². The molecule has 6 nitrogen and oxygen atoms in total. The molecule has 7 N–H and O–H groups in total. The third-order valence-corrected chi connectivity index (χ3v) is 1.47. The van der Waals surface area contributed by atoms with Gasteiger partial charge in [0.1, 0.15) is 0 Å². The number of carboxylic acids is 1. The van der Waals surface area contributed by atoms with E-state index in [1.165, 1.54) is 18.2 Å². The third kappa shape index (κ3) is 3.15. The van der Waals surface area contributed by atoms with Crippen molar-refractivity contribution in [3.63, 3.8) is 0 Å². The van der Waals surface area contributed by atoms with E-state index in [4.69, 9.17) is 15.2 Å². The predicted octanol–water partition coefficient (Wildman–Crippen LogP) is -2.58. The lowest BCUT2D eigenvalue weighted by molar-refractivity contribution is 0.0697. The van der Waals surface area contributed by atoms with Gasteiger partial charge in [-0.3, -0.25) is 0 Å². The van der Waals surface area contributed by atoms with Gasteiger partial charge in [-0.25, -0.2) is 4.79 Å². The minimum atomic E-state index is -1.74. The molecule has 1 aromatic carbocycles. The fourth-order valence-corrected chi connectivity index (χ4v) is 0.917. The molecule has 0 aliphatic rings. The average Bonchev–Trinajstić information content (AvgIpc) is 2.04. The molecule has 7 heteroatoms. The van der Waals surface area contributed by atoms with Gasteiger partial charge in [0, 0.05) is 0 Å². The monoisotopic (exact) mass is 202 g/mol. The van der Waals surface area contributed by atoms with E-state index in [-0.39, 0.29) is 22.0 Å². The molecule has 0 aromatic heterocycles. The zero-order valence-corrected chi connectivity index (χ0v) is 7.14. The van der Waals surface area contributed by atoms with Crippen molar-refractivity contribution in [1.82, 2.24) is 0 Å². The SMILES string of the molecule is O.O.O=C(O)c1ccccc1B(O)O. The summed E-state index contributed by atoms with van der Waals surface area (Å²) in [5.41, 5.74) is -0.0856. The van der Waals surface area contributed by atoms with E-state index in [0.717, 1.165) is 0 Å². The molecule has 0 saturated carbocycles. The van der Waals surface area contributed by atoms with E-state index in [2.05, 4.69) is 0 Å². The molecule has 0 aliphatic carbocycles. The van der Waals surface area contributed by atoms with Crippen molar-refractivity contribution >= 4 is 18.6 Å². The average molecular weight is 202 g/mol. The number of benzene rings is 1. The minimum absolute atomic E-state index is 0. The van der Waals surface area contributed by atoms with Crippen molar-refractivity contribution in [1.29, 1.82) is 0 Å². The smallest absolute Gasteiger partial charge is 0.478 e. The lowest BCUT2D eigenvalue weighted by Crippen LogP contribution is -2.34. The zero-order valence-electron chi connectivity index (χ0n) is 7.14. The summed E-state index contributed by atoms with van der Waals surface area (Å²) < 4.78 is 0. The summed E-state index contributed by atoms with van der Waals surface area (Å²) in [6.45, 7) is 0. The van der Waals surface area contributed by atoms with Gasteiger partial charge in [-0.05, 0) is 11.5 Å². The van der Waals surface area contributed by atoms with Crippen molar-refractivity contribution in [2.45, 2.75) is 0 Å². The van der Waals surface area contributed by atoms with Gasteiger partial charge in [0.05, 0.1) is 5.56 Å². The highest BCUT2D eigenvalue weighted by molar-refractivity contribution is 6.60. The number of hydrogen-bond donors (Lipinski definition) is 3. The Balaban J connectivity index is 0. The molecule has 0 spiro atoms. The normalized spacial score (nSPS) is 8.14. The molecule has 0 fully saturated rings. The minimum Gasteiger partial charge on any atom is -0.478 e. The second-order valence-electron chi connectivity index (χ2n) is 2.27. The highest BCUT2D eigenvalue weighted by atomic mass is 16.4. The van der Waals surface area contributed by atoms with E-state index < -0.39 is 13.1 Å². The van der Waals surface area contributed by atoms with Crippen LogP contribution in [0.25, 0.3) is 0 Å². The largest absolute Gasteiger partial charge is 0.489 e. The first-order chi connectivity index (χ1) is 5.63. The topological polar surface area (TPSA) is 141 Å². The second kappa shape index (κ2) is 6.11. The van der Waals surface area contributed by atoms with Crippen molar-refractivity contribution in [2.75, 3.05) is 0 Å². The van der Waals surface area contributed by atoms with Crippen LogP contribution in [0.1, 0.15) is 10.4 Å². The van der Waals surface area contributed by atoms with Crippen molar-refractivity contribution < 1.29 is 30.9 Å². The molecular formula is C7H11BO6. The molecule has 0 unspecified atom stereocenters. The van der Waals surface area contributed by atoms with Crippen LogP contribution >= 0.6 is 0 Å². The molecule has 0 aliphatic heterocycles. The molecule has 0 bridgehead atoms. The molecule has 1 aromatic rings. The summed E-state index contributed by atoms with van der Waals surface area (Å²) in [6, 6.07) is 5.74.